The van der Waals surface area contributed by atoms with Gasteiger partial charge in [0, 0.05) is 13.1 Å². The third-order valence-electron chi connectivity index (χ3n) is 4.00. The van der Waals surface area contributed by atoms with Gasteiger partial charge in [-0.25, -0.2) is 9.59 Å². The molecule has 0 aromatic carbocycles. The first-order valence-corrected chi connectivity index (χ1v) is 7.37. The van der Waals surface area contributed by atoms with Gasteiger partial charge >= 0.3 is 12.0 Å². The van der Waals surface area contributed by atoms with Crippen molar-refractivity contribution in [1.82, 2.24) is 15.5 Å². The van der Waals surface area contributed by atoms with Crippen LogP contribution in [0.2, 0.25) is 0 Å². The Morgan fingerprint density at radius 3 is 2.19 bits per heavy atom. The van der Waals surface area contributed by atoms with Crippen molar-refractivity contribution in [2.75, 3.05) is 13.1 Å². The fraction of sp³-hybridized carbons (Fsp3) is 0.786. The van der Waals surface area contributed by atoms with Crippen LogP contribution < -0.4 is 10.6 Å². The second-order valence-corrected chi connectivity index (χ2v) is 5.61. The molecular weight excluding hydrogens is 274 g/mol. The smallest absolute Gasteiger partial charge is 0.329 e. The monoisotopic (exact) mass is 299 g/mol. The average molecular weight is 299 g/mol. The van der Waals surface area contributed by atoms with Crippen molar-refractivity contribution >= 4 is 17.9 Å². The zero-order valence-electron chi connectivity index (χ0n) is 13.1. The van der Waals surface area contributed by atoms with Gasteiger partial charge in [0.2, 0.25) is 5.91 Å². The number of urea groups is 1. The molecule has 3 N–H and O–H groups in total. The predicted molar refractivity (Wildman–Crippen MR) is 77.8 cm³/mol. The zero-order valence-corrected chi connectivity index (χ0v) is 13.1. The lowest BCUT2D eigenvalue weighted by Gasteiger charge is -2.28. The van der Waals surface area contributed by atoms with Crippen LogP contribution >= 0.6 is 0 Å². The second kappa shape index (κ2) is 6.78. The molecule has 0 radical (unpaired) electrons. The highest BCUT2D eigenvalue weighted by Crippen LogP contribution is 2.39. The van der Waals surface area contributed by atoms with Crippen LogP contribution in [0.1, 0.15) is 40.5 Å². The number of hydrogen-bond donors (Lipinski definition) is 3. The number of hydrogen-bond acceptors (Lipinski definition) is 3. The topological polar surface area (TPSA) is 98.7 Å². The van der Waals surface area contributed by atoms with E-state index in [-0.39, 0.29) is 11.8 Å². The number of amides is 3. The fourth-order valence-electron chi connectivity index (χ4n) is 2.33. The van der Waals surface area contributed by atoms with Gasteiger partial charge < -0.3 is 20.6 Å². The largest absolute Gasteiger partial charge is 0.480 e. The second-order valence-electron chi connectivity index (χ2n) is 5.61. The summed E-state index contributed by atoms with van der Waals surface area (Å²) >= 11 is 0. The maximum Gasteiger partial charge on any atom is 0.329 e. The summed E-state index contributed by atoms with van der Waals surface area (Å²) in [5.41, 5.74) is -1.28. The van der Waals surface area contributed by atoms with Crippen LogP contribution in [-0.4, -0.2) is 52.6 Å². The van der Waals surface area contributed by atoms with E-state index in [1.807, 2.05) is 13.8 Å². The Labute approximate surface area is 125 Å². The van der Waals surface area contributed by atoms with Crippen LogP contribution in [0.4, 0.5) is 4.79 Å². The van der Waals surface area contributed by atoms with Crippen LogP contribution in [0.15, 0.2) is 0 Å². The highest BCUT2D eigenvalue weighted by molar-refractivity contribution is 5.90. The van der Waals surface area contributed by atoms with Crippen molar-refractivity contribution < 1.29 is 19.5 Å². The summed E-state index contributed by atoms with van der Waals surface area (Å²) in [6.45, 7) is 7.96. The molecule has 1 aliphatic carbocycles. The standard InChI is InChI=1S/C14H25N3O4/c1-5-17(6-2)11(18)9(3)15-13(21)16-14(4,12(19)20)10-7-8-10/h9-10H,5-8H2,1-4H3,(H,19,20)(H2,15,16,21). The van der Waals surface area contributed by atoms with Crippen molar-refractivity contribution in [2.24, 2.45) is 5.92 Å². The normalized spacial score (nSPS) is 18.3. The minimum atomic E-state index is -1.28. The highest BCUT2D eigenvalue weighted by atomic mass is 16.4. The molecule has 1 aliphatic rings. The molecule has 0 heterocycles. The number of carbonyl (C=O) groups excluding carboxylic acids is 2. The van der Waals surface area contributed by atoms with E-state index in [1.165, 1.54) is 6.92 Å². The lowest BCUT2D eigenvalue weighted by molar-refractivity contribution is -0.144. The fourth-order valence-corrected chi connectivity index (χ4v) is 2.33. The van der Waals surface area contributed by atoms with Crippen LogP contribution in [-0.2, 0) is 9.59 Å². The number of nitrogens with one attached hydrogen (secondary N) is 2. The molecule has 1 fully saturated rings. The molecule has 0 aromatic rings. The average Bonchev–Trinajstić information content (AvgIpc) is 3.23. The number of nitrogens with zero attached hydrogens (tertiary/aromatic N) is 1. The maximum absolute atomic E-state index is 12.1. The summed E-state index contributed by atoms with van der Waals surface area (Å²) in [6, 6.07) is -1.32. The molecule has 0 bridgehead atoms. The summed E-state index contributed by atoms with van der Waals surface area (Å²) in [6.07, 6.45) is 1.58. The molecule has 2 atom stereocenters. The number of carboxylic acid groups (broad SMARTS) is 1. The van der Waals surface area contributed by atoms with Gasteiger partial charge in [-0.3, -0.25) is 4.79 Å². The van der Waals surface area contributed by atoms with Crippen molar-refractivity contribution in [3.8, 4) is 0 Å². The van der Waals surface area contributed by atoms with Crippen molar-refractivity contribution in [2.45, 2.75) is 52.1 Å². The number of carbonyl (C=O) groups is 3. The molecule has 7 nitrogen and oxygen atoms in total. The third-order valence-corrected chi connectivity index (χ3v) is 4.00. The Morgan fingerprint density at radius 1 is 1.29 bits per heavy atom. The van der Waals surface area contributed by atoms with Crippen LogP contribution in [0.3, 0.4) is 0 Å². The summed E-state index contributed by atoms with van der Waals surface area (Å²) in [4.78, 5) is 37.0. The van der Waals surface area contributed by atoms with E-state index in [4.69, 9.17) is 0 Å². The third kappa shape index (κ3) is 4.09. The molecule has 1 rings (SSSR count). The minimum absolute atomic E-state index is 0.0467. The van der Waals surface area contributed by atoms with Crippen molar-refractivity contribution in [3.63, 3.8) is 0 Å². The van der Waals surface area contributed by atoms with Crippen molar-refractivity contribution in [1.29, 1.82) is 0 Å². The Balaban J connectivity index is 2.60. The Kier molecular flexibility index (Phi) is 5.57. The van der Waals surface area contributed by atoms with E-state index < -0.39 is 23.6 Å². The number of aliphatic carboxylic acids is 1. The SMILES string of the molecule is CCN(CC)C(=O)C(C)NC(=O)NC(C)(C(=O)O)C1CC1. The molecule has 120 valence electrons. The molecule has 0 saturated heterocycles. The molecule has 0 aliphatic heterocycles. The first kappa shape index (κ1) is 17.3. The summed E-state index contributed by atoms with van der Waals surface area (Å²) < 4.78 is 0. The highest BCUT2D eigenvalue weighted by Gasteiger charge is 2.48. The van der Waals surface area contributed by atoms with Gasteiger partial charge in [-0.05, 0) is 46.5 Å². The van der Waals surface area contributed by atoms with Crippen LogP contribution in [0, 0.1) is 5.92 Å². The molecule has 0 spiro atoms. The van der Waals surface area contributed by atoms with Crippen molar-refractivity contribution in [3.05, 3.63) is 0 Å². The van der Waals surface area contributed by atoms with E-state index in [1.54, 1.807) is 11.8 Å². The molecule has 3 amide bonds. The zero-order chi connectivity index (χ0) is 16.2. The molecule has 7 heteroatoms. The lowest BCUT2D eigenvalue weighted by atomic mass is 9.96. The summed E-state index contributed by atoms with van der Waals surface area (Å²) in [5, 5.41) is 14.3. The molecule has 2 unspecified atom stereocenters. The molecule has 0 aromatic heterocycles. The number of likely N-dealkylation sites (N-methyl/N-ethyl adjacent to an activating group) is 1. The Bertz CT molecular complexity index is 418. The van der Waals surface area contributed by atoms with Gasteiger partial charge in [0.15, 0.2) is 0 Å². The van der Waals surface area contributed by atoms with E-state index in [2.05, 4.69) is 10.6 Å². The first-order valence-electron chi connectivity index (χ1n) is 7.37. The molecule has 1 saturated carbocycles. The van der Waals surface area contributed by atoms with Gasteiger partial charge in [-0.1, -0.05) is 0 Å². The number of rotatable bonds is 7. The molecular formula is C14H25N3O4. The van der Waals surface area contributed by atoms with Gasteiger partial charge in [0.05, 0.1) is 0 Å². The number of carboxylic acids is 1. The maximum atomic E-state index is 12.1. The van der Waals surface area contributed by atoms with Gasteiger partial charge in [-0.2, -0.15) is 0 Å². The van der Waals surface area contributed by atoms with Gasteiger partial charge in [-0.15, -0.1) is 0 Å². The summed E-state index contributed by atoms with van der Waals surface area (Å²) in [5.74, 6) is -1.28. The van der Waals surface area contributed by atoms with E-state index in [9.17, 15) is 19.5 Å². The lowest BCUT2D eigenvalue weighted by Crippen LogP contribution is -2.59. The predicted octanol–water partition coefficient (Wildman–Crippen LogP) is 0.796. The van der Waals surface area contributed by atoms with Gasteiger partial charge in [0.25, 0.3) is 0 Å². The van der Waals surface area contributed by atoms with Gasteiger partial charge in [0.1, 0.15) is 11.6 Å². The summed E-state index contributed by atoms with van der Waals surface area (Å²) in [7, 11) is 0. The van der Waals surface area contributed by atoms with Crippen LogP contribution in [0.25, 0.3) is 0 Å². The first-order chi connectivity index (χ1) is 9.76. The molecule has 21 heavy (non-hydrogen) atoms. The quantitative estimate of drug-likeness (QED) is 0.647. The minimum Gasteiger partial charge on any atom is -0.480 e. The Morgan fingerprint density at radius 2 is 1.81 bits per heavy atom. The van der Waals surface area contributed by atoms with Crippen LogP contribution in [0.5, 0.6) is 0 Å². The van der Waals surface area contributed by atoms with E-state index in [0.29, 0.717) is 13.1 Å². The van der Waals surface area contributed by atoms with E-state index in [0.717, 1.165) is 12.8 Å². The van der Waals surface area contributed by atoms with E-state index >= 15 is 0 Å². The Hall–Kier alpha value is -1.79.